The molecular weight excluding hydrogens is 398 g/mol. The number of benzene rings is 2. The quantitative estimate of drug-likeness (QED) is 0.761. The van der Waals surface area contributed by atoms with Gasteiger partial charge in [0.15, 0.2) is 6.61 Å². The van der Waals surface area contributed by atoms with E-state index in [1.807, 2.05) is 6.07 Å². The molecule has 0 spiro atoms. The van der Waals surface area contributed by atoms with Gasteiger partial charge in [0.2, 0.25) is 0 Å². The summed E-state index contributed by atoms with van der Waals surface area (Å²) < 4.78 is 5.93. The van der Waals surface area contributed by atoms with Crippen molar-refractivity contribution in [3.05, 3.63) is 63.1 Å². The minimum Gasteiger partial charge on any atom is -0.482 e. The molecule has 0 radical (unpaired) electrons. The lowest BCUT2D eigenvalue weighted by Crippen LogP contribution is -2.43. The van der Waals surface area contributed by atoms with Gasteiger partial charge in [0.25, 0.3) is 11.8 Å². The Labute approximate surface area is 151 Å². The van der Waals surface area contributed by atoms with Gasteiger partial charge in [-0.05, 0) is 30.3 Å². The Kier molecular flexibility index (Phi) is 6.18. The van der Waals surface area contributed by atoms with Crippen LogP contribution >= 0.6 is 27.5 Å². The van der Waals surface area contributed by atoms with Crippen LogP contribution in [-0.4, -0.2) is 18.4 Å². The van der Waals surface area contributed by atoms with Crippen LogP contribution in [0, 0.1) is 11.3 Å². The fourth-order valence-electron chi connectivity index (χ4n) is 1.73. The standard InChI is InChI=1S/C16H11BrClN3O3/c17-11-5-6-13(18)12(7-11)16(23)21-20-15(22)9-24-14-4-2-1-3-10(14)8-19/h1-7H,9H2,(H,20,22)(H,21,23). The average Bonchev–Trinajstić information content (AvgIpc) is 2.60. The summed E-state index contributed by atoms with van der Waals surface area (Å²) in [7, 11) is 0. The molecule has 6 nitrogen and oxygen atoms in total. The van der Waals surface area contributed by atoms with Gasteiger partial charge in [-0.15, -0.1) is 0 Å². The summed E-state index contributed by atoms with van der Waals surface area (Å²) in [5, 5.41) is 9.18. The van der Waals surface area contributed by atoms with Gasteiger partial charge in [0, 0.05) is 4.47 Å². The van der Waals surface area contributed by atoms with Crippen molar-refractivity contribution < 1.29 is 14.3 Å². The number of carbonyl (C=O) groups is 2. The van der Waals surface area contributed by atoms with Crippen LogP contribution in [-0.2, 0) is 4.79 Å². The summed E-state index contributed by atoms with van der Waals surface area (Å²) in [6.45, 7) is -0.356. The fraction of sp³-hybridized carbons (Fsp3) is 0.0625. The third kappa shape index (κ3) is 4.72. The largest absolute Gasteiger partial charge is 0.482 e. The third-order valence-electron chi connectivity index (χ3n) is 2.85. The number of rotatable bonds is 4. The van der Waals surface area contributed by atoms with Gasteiger partial charge in [-0.2, -0.15) is 5.26 Å². The van der Waals surface area contributed by atoms with Gasteiger partial charge in [-0.25, -0.2) is 0 Å². The van der Waals surface area contributed by atoms with Crippen molar-refractivity contribution in [1.29, 1.82) is 5.26 Å². The Morgan fingerprint density at radius 2 is 1.96 bits per heavy atom. The molecule has 0 aliphatic heterocycles. The number of ether oxygens (including phenoxy) is 1. The molecule has 2 rings (SSSR count). The Morgan fingerprint density at radius 1 is 1.21 bits per heavy atom. The Balaban J connectivity index is 1.88. The molecule has 0 aromatic heterocycles. The summed E-state index contributed by atoms with van der Waals surface area (Å²) in [4.78, 5) is 23.7. The first-order valence-electron chi connectivity index (χ1n) is 6.67. The van der Waals surface area contributed by atoms with Crippen molar-refractivity contribution in [2.45, 2.75) is 0 Å². The highest BCUT2D eigenvalue weighted by Gasteiger charge is 2.12. The van der Waals surface area contributed by atoms with E-state index in [9.17, 15) is 9.59 Å². The van der Waals surface area contributed by atoms with E-state index in [4.69, 9.17) is 21.6 Å². The number of halogens is 2. The van der Waals surface area contributed by atoms with Crippen molar-refractivity contribution in [3.8, 4) is 11.8 Å². The second-order valence-corrected chi connectivity index (χ2v) is 5.85. The van der Waals surface area contributed by atoms with Crippen LogP contribution in [0.25, 0.3) is 0 Å². The lowest BCUT2D eigenvalue weighted by Gasteiger charge is -2.10. The lowest BCUT2D eigenvalue weighted by atomic mass is 10.2. The SMILES string of the molecule is N#Cc1ccccc1OCC(=O)NNC(=O)c1cc(Br)ccc1Cl. The summed E-state index contributed by atoms with van der Waals surface area (Å²) in [5.41, 5.74) is 4.98. The minimum atomic E-state index is -0.581. The molecular formula is C16H11BrClN3O3. The monoisotopic (exact) mass is 407 g/mol. The lowest BCUT2D eigenvalue weighted by molar-refractivity contribution is -0.123. The van der Waals surface area contributed by atoms with E-state index < -0.39 is 11.8 Å². The van der Waals surface area contributed by atoms with Gasteiger partial charge in [0.1, 0.15) is 11.8 Å². The zero-order valence-corrected chi connectivity index (χ0v) is 14.5. The van der Waals surface area contributed by atoms with Crippen LogP contribution < -0.4 is 15.6 Å². The number of hydrogen-bond acceptors (Lipinski definition) is 4. The number of hydrazine groups is 1. The van der Waals surface area contributed by atoms with E-state index in [-0.39, 0.29) is 22.9 Å². The molecule has 0 aliphatic rings. The second-order valence-electron chi connectivity index (χ2n) is 4.52. The van der Waals surface area contributed by atoms with Gasteiger partial charge < -0.3 is 4.74 Å². The number of carbonyl (C=O) groups excluding carboxylic acids is 2. The molecule has 0 saturated carbocycles. The van der Waals surface area contributed by atoms with Crippen molar-refractivity contribution in [1.82, 2.24) is 10.9 Å². The number of nitrogens with zero attached hydrogens (tertiary/aromatic N) is 1. The van der Waals surface area contributed by atoms with Crippen molar-refractivity contribution in [2.75, 3.05) is 6.61 Å². The predicted molar refractivity (Wildman–Crippen MR) is 91.4 cm³/mol. The smallest absolute Gasteiger partial charge is 0.276 e. The molecule has 2 N–H and O–H groups in total. The van der Waals surface area contributed by atoms with E-state index in [1.54, 1.807) is 36.4 Å². The van der Waals surface area contributed by atoms with Crippen molar-refractivity contribution in [2.24, 2.45) is 0 Å². The highest BCUT2D eigenvalue weighted by Crippen LogP contribution is 2.20. The fourth-order valence-corrected chi connectivity index (χ4v) is 2.29. The number of hydrogen-bond donors (Lipinski definition) is 2. The van der Waals surface area contributed by atoms with Gasteiger partial charge in [-0.1, -0.05) is 39.7 Å². The molecule has 122 valence electrons. The highest BCUT2D eigenvalue weighted by atomic mass is 79.9. The van der Waals surface area contributed by atoms with Crippen LogP contribution in [0.3, 0.4) is 0 Å². The molecule has 2 amide bonds. The Hall–Kier alpha value is -2.56. The molecule has 24 heavy (non-hydrogen) atoms. The molecule has 0 unspecified atom stereocenters. The first-order chi connectivity index (χ1) is 11.5. The van der Waals surface area contributed by atoms with Crippen LogP contribution in [0.2, 0.25) is 5.02 Å². The second kappa shape index (κ2) is 8.34. The first kappa shape index (κ1) is 17.8. The number of amides is 2. The average molecular weight is 409 g/mol. The van der Waals surface area contributed by atoms with E-state index >= 15 is 0 Å². The topological polar surface area (TPSA) is 91.2 Å². The van der Waals surface area contributed by atoms with E-state index in [2.05, 4.69) is 26.8 Å². The van der Waals surface area contributed by atoms with Crippen LogP contribution in [0.15, 0.2) is 46.9 Å². The summed E-state index contributed by atoms with van der Waals surface area (Å²) in [5.74, 6) is -0.856. The first-order valence-corrected chi connectivity index (χ1v) is 7.84. The molecule has 0 bridgehead atoms. The van der Waals surface area contributed by atoms with Gasteiger partial charge >= 0.3 is 0 Å². The third-order valence-corrected chi connectivity index (χ3v) is 3.68. The Bertz CT molecular complexity index is 820. The predicted octanol–water partition coefficient (Wildman–Crippen LogP) is 2.81. The number of nitrogens with one attached hydrogen (secondary N) is 2. The molecule has 8 heteroatoms. The van der Waals surface area contributed by atoms with E-state index in [0.29, 0.717) is 10.0 Å². The van der Waals surface area contributed by atoms with Gasteiger partial charge in [-0.3, -0.25) is 20.4 Å². The Morgan fingerprint density at radius 3 is 2.71 bits per heavy atom. The van der Waals surface area contributed by atoms with Crippen LogP contribution in [0.5, 0.6) is 5.75 Å². The highest BCUT2D eigenvalue weighted by molar-refractivity contribution is 9.10. The molecule has 0 fully saturated rings. The summed E-state index contributed by atoms with van der Waals surface area (Å²) >= 11 is 9.17. The molecule has 0 atom stereocenters. The van der Waals surface area contributed by atoms with Crippen LogP contribution in [0.4, 0.5) is 0 Å². The van der Waals surface area contributed by atoms with Crippen LogP contribution in [0.1, 0.15) is 15.9 Å². The maximum atomic E-state index is 12.0. The molecule has 0 aliphatic carbocycles. The molecule has 0 saturated heterocycles. The van der Waals surface area contributed by atoms with Gasteiger partial charge in [0.05, 0.1) is 16.1 Å². The molecule has 2 aromatic carbocycles. The number of para-hydroxylation sites is 1. The van der Waals surface area contributed by atoms with Crippen molar-refractivity contribution in [3.63, 3.8) is 0 Å². The summed E-state index contributed by atoms with van der Waals surface area (Å²) in [6, 6.07) is 13.3. The maximum Gasteiger partial charge on any atom is 0.276 e. The maximum absolute atomic E-state index is 12.0. The van der Waals surface area contributed by atoms with Crippen molar-refractivity contribution >= 4 is 39.3 Å². The number of nitriles is 1. The zero-order valence-electron chi connectivity index (χ0n) is 12.2. The zero-order chi connectivity index (χ0) is 17.5. The summed E-state index contributed by atoms with van der Waals surface area (Å²) in [6.07, 6.45) is 0. The van der Waals surface area contributed by atoms with E-state index in [1.165, 1.54) is 6.07 Å². The molecule has 0 heterocycles. The molecule has 2 aromatic rings. The minimum absolute atomic E-state index is 0.210. The normalized spacial score (nSPS) is 9.71. The van der Waals surface area contributed by atoms with E-state index in [0.717, 1.165) is 0 Å².